The molecule has 0 saturated heterocycles. The minimum atomic E-state index is -0.645. The molecule has 0 radical (unpaired) electrons. The van der Waals surface area contributed by atoms with Crippen molar-refractivity contribution in [1.82, 2.24) is 10.6 Å². The highest BCUT2D eigenvalue weighted by Crippen LogP contribution is 2.09. The molecule has 2 rings (SSSR count). The molecule has 0 aliphatic carbocycles. The summed E-state index contributed by atoms with van der Waals surface area (Å²) in [5.41, 5.74) is 2.67. The van der Waals surface area contributed by atoms with Crippen molar-refractivity contribution in [3.05, 3.63) is 65.7 Å². The number of hydrogen-bond acceptors (Lipinski definition) is 4. The average molecular weight is 428 g/mol. The van der Waals surface area contributed by atoms with Gasteiger partial charge in [0.15, 0.2) is 0 Å². The van der Waals surface area contributed by atoms with E-state index in [1.54, 1.807) is 12.1 Å². The van der Waals surface area contributed by atoms with Gasteiger partial charge in [-0.25, -0.2) is 4.79 Å². The predicted molar refractivity (Wildman–Crippen MR) is 122 cm³/mol. The van der Waals surface area contributed by atoms with Crippen LogP contribution in [0, 0.1) is 5.92 Å². The van der Waals surface area contributed by atoms with Crippen LogP contribution in [0.4, 0.5) is 10.5 Å². The van der Waals surface area contributed by atoms with Gasteiger partial charge in [-0.3, -0.25) is 4.79 Å². The predicted octanol–water partition coefficient (Wildman–Crippen LogP) is 3.70. The smallest absolute Gasteiger partial charge is 0.319 e. The van der Waals surface area contributed by atoms with E-state index in [4.69, 9.17) is 9.47 Å². The third-order valence-corrected chi connectivity index (χ3v) is 4.57. The van der Waals surface area contributed by atoms with Gasteiger partial charge in [0.2, 0.25) is 5.91 Å². The van der Waals surface area contributed by atoms with E-state index in [1.807, 2.05) is 63.2 Å². The second-order valence-corrected chi connectivity index (χ2v) is 7.47. The molecule has 168 valence electrons. The highest BCUT2D eigenvalue weighted by atomic mass is 16.5. The molecule has 3 N–H and O–H groups in total. The monoisotopic (exact) mass is 427 g/mol. The number of hydrogen-bond donors (Lipinski definition) is 3. The van der Waals surface area contributed by atoms with E-state index >= 15 is 0 Å². The Bertz CT molecular complexity index is 811. The van der Waals surface area contributed by atoms with Crippen LogP contribution in [0.2, 0.25) is 0 Å². The third kappa shape index (κ3) is 9.19. The molecule has 0 aromatic heterocycles. The summed E-state index contributed by atoms with van der Waals surface area (Å²) in [7, 11) is 0. The number of rotatable bonds is 12. The Morgan fingerprint density at radius 1 is 0.935 bits per heavy atom. The minimum Gasteiger partial charge on any atom is -0.379 e. The lowest BCUT2D eigenvalue weighted by molar-refractivity contribution is -0.124. The van der Waals surface area contributed by atoms with Crippen LogP contribution in [-0.4, -0.2) is 37.8 Å². The fourth-order valence-corrected chi connectivity index (χ4v) is 2.95. The Morgan fingerprint density at radius 2 is 1.65 bits per heavy atom. The Hall–Kier alpha value is -2.90. The van der Waals surface area contributed by atoms with Crippen LogP contribution in [0.25, 0.3) is 0 Å². The molecule has 2 aromatic rings. The lowest BCUT2D eigenvalue weighted by Crippen LogP contribution is -2.50. The lowest BCUT2D eigenvalue weighted by Gasteiger charge is -2.22. The maximum Gasteiger partial charge on any atom is 0.319 e. The van der Waals surface area contributed by atoms with Gasteiger partial charge in [-0.2, -0.15) is 0 Å². The van der Waals surface area contributed by atoms with Crippen LogP contribution in [0.1, 0.15) is 31.9 Å². The first kappa shape index (κ1) is 24.4. The Morgan fingerprint density at radius 3 is 2.35 bits per heavy atom. The number of benzene rings is 2. The lowest BCUT2D eigenvalue weighted by atomic mass is 10.0. The van der Waals surface area contributed by atoms with Gasteiger partial charge in [-0.15, -0.1) is 0 Å². The molecule has 0 saturated carbocycles. The van der Waals surface area contributed by atoms with Gasteiger partial charge >= 0.3 is 6.03 Å². The first-order valence-electron chi connectivity index (χ1n) is 10.6. The second kappa shape index (κ2) is 13.4. The number of para-hydroxylation sites is 1. The number of anilines is 1. The summed E-state index contributed by atoms with van der Waals surface area (Å²) in [6.07, 6.45) is 0. The quantitative estimate of drug-likeness (QED) is 0.451. The van der Waals surface area contributed by atoms with E-state index in [2.05, 4.69) is 16.0 Å². The zero-order valence-corrected chi connectivity index (χ0v) is 18.5. The van der Waals surface area contributed by atoms with Crippen molar-refractivity contribution in [1.29, 1.82) is 0 Å². The van der Waals surface area contributed by atoms with Crippen molar-refractivity contribution in [2.75, 3.05) is 25.1 Å². The summed E-state index contributed by atoms with van der Waals surface area (Å²) in [6.45, 7) is 8.41. The first-order chi connectivity index (χ1) is 15.0. The highest BCUT2D eigenvalue weighted by Gasteiger charge is 2.24. The van der Waals surface area contributed by atoms with E-state index in [9.17, 15) is 9.59 Å². The van der Waals surface area contributed by atoms with Crippen LogP contribution in [0.15, 0.2) is 54.6 Å². The SMILES string of the molecule is CCOCCOCc1cccc(CNC(=O)C(NC(=O)Nc2ccccc2)C(C)C)c1. The molecule has 7 nitrogen and oxygen atoms in total. The van der Waals surface area contributed by atoms with Gasteiger partial charge < -0.3 is 25.4 Å². The number of carbonyl (C=O) groups is 2. The molecule has 1 atom stereocenters. The Labute approximate surface area is 184 Å². The highest BCUT2D eigenvalue weighted by molar-refractivity contribution is 5.93. The summed E-state index contributed by atoms with van der Waals surface area (Å²) in [5.74, 6) is -0.289. The molecule has 31 heavy (non-hydrogen) atoms. The number of ether oxygens (including phenoxy) is 2. The molecule has 0 aliphatic rings. The summed E-state index contributed by atoms with van der Waals surface area (Å²) >= 11 is 0. The Balaban J connectivity index is 1.84. The first-order valence-corrected chi connectivity index (χ1v) is 10.6. The number of nitrogens with one attached hydrogen (secondary N) is 3. The fraction of sp³-hybridized carbons (Fsp3) is 0.417. The zero-order chi connectivity index (χ0) is 22.5. The molecular formula is C24H33N3O4. The molecule has 0 heterocycles. The largest absolute Gasteiger partial charge is 0.379 e. The van der Waals surface area contributed by atoms with E-state index in [-0.39, 0.29) is 11.8 Å². The van der Waals surface area contributed by atoms with Gasteiger partial charge in [0.05, 0.1) is 19.8 Å². The molecule has 0 fully saturated rings. The van der Waals surface area contributed by atoms with Gasteiger partial charge in [-0.05, 0) is 36.1 Å². The van der Waals surface area contributed by atoms with Gasteiger partial charge in [0.25, 0.3) is 0 Å². The van der Waals surface area contributed by atoms with Crippen molar-refractivity contribution in [2.24, 2.45) is 5.92 Å². The van der Waals surface area contributed by atoms with Gasteiger partial charge in [-0.1, -0.05) is 56.3 Å². The second-order valence-electron chi connectivity index (χ2n) is 7.47. The zero-order valence-electron chi connectivity index (χ0n) is 18.5. The molecule has 2 aromatic carbocycles. The normalized spacial score (nSPS) is 11.7. The number of amides is 3. The van der Waals surface area contributed by atoms with Crippen molar-refractivity contribution >= 4 is 17.6 Å². The van der Waals surface area contributed by atoms with Crippen molar-refractivity contribution < 1.29 is 19.1 Å². The van der Waals surface area contributed by atoms with E-state index in [0.29, 0.717) is 38.7 Å². The molecule has 0 spiro atoms. The van der Waals surface area contributed by atoms with Crippen molar-refractivity contribution in [2.45, 2.75) is 40.0 Å². The molecule has 0 bridgehead atoms. The number of carbonyl (C=O) groups excluding carboxylic acids is 2. The summed E-state index contributed by atoms with van der Waals surface area (Å²) in [4.78, 5) is 25.0. The molecule has 3 amide bonds. The van der Waals surface area contributed by atoms with Crippen molar-refractivity contribution in [3.8, 4) is 0 Å². The molecule has 1 unspecified atom stereocenters. The molecular weight excluding hydrogens is 394 g/mol. The fourth-order valence-electron chi connectivity index (χ4n) is 2.95. The average Bonchev–Trinajstić information content (AvgIpc) is 2.76. The molecule has 0 aliphatic heterocycles. The van der Waals surface area contributed by atoms with E-state index in [1.165, 1.54) is 0 Å². The van der Waals surface area contributed by atoms with Crippen LogP contribution in [-0.2, 0) is 27.4 Å². The van der Waals surface area contributed by atoms with E-state index < -0.39 is 12.1 Å². The molecule has 7 heteroatoms. The topological polar surface area (TPSA) is 88.7 Å². The van der Waals surface area contributed by atoms with Crippen LogP contribution < -0.4 is 16.0 Å². The van der Waals surface area contributed by atoms with Gasteiger partial charge in [0, 0.05) is 18.8 Å². The summed E-state index contributed by atoms with van der Waals surface area (Å²) < 4.78 is 10.9. The Kier molecular flexibility index (Phi) is 10.5. The van der Waals surface area contributed by atoms with E-state index in [0.717, 1.165) is 11.1 Å². The van der Waals surface area contributed by atoms with Gasteiger partial charge in [0.1, 0.15) is 6.04 Å². The number of urea groups is 1. The van der Waals surface area contributed by atoms with Crippen LogP contribution in [0.3, 0.4) is 0 Å². The van der Waals surface area contributed by atoms with Crippen LogP contribution >= 0.6 is 0 Å². The summed E-state index contributed by atoms with van der Waals surface area (Å²) in [5, 5.41) is 8.42. The standard InChI is InChI=1S/C24H33N3O4/c1-4-30-13-14-31-17-20-10-8-9-19(15-20)16-25-23(28)22(18(2)3)27-24(29)26-21-11-6-5-7-12-21/h5-12,15,18,22H,4,13-14,16-17H2,1-3H3,(H,25,28)(H2,26,27,29). The van der Waals surface area contributed by atoms with Crippen LogP contribution in [0.5, 0.6) is 0 Å². The minimum absolute atomic E-state index is 0.0633. The maximum atomic E-state index is 12.7. The van der Waals surface area contributed by atoms with Crippen molar-refractivity contribution in [3.63, 3.8) is 0 Å². The maximum absolute atomic E-state index is 12.7. The third-order valence-electron chi connectivity index (χ3n) is 4.57. The summed E-state index contributed by atoms with van der Waals surface area (Å²) in [6, 6.07) is 15.9.